The summed E-state index contributed by atoms with van der Waals surface area (Å²) in [5.41, 5.74) is 7.74. The SMILES string of the molecule is C#Cc1cc2c(cc1Sc1nc3c(N)ncnc3n1CCNCCNS(=O)[O-])OCO2. The number of aromatic nitrogens is 4. The number of ether oxygens (including phenoxy) is 2. The second-order valence-electron chi connectivity index (χ2n) is 6.30. The van der Waals surface area contributed by atoms with Gasteiger partial charge in [-0.15, -0.1) is 6.42 Å². The van der Waals surface area contributed by atoms with Crippen LogP contribution in [0.3, 0.4) is 0 Å². The largest absolute Gasteiger partial charge is 0.760 e. The van der Waals surface area contributed by atoms with E-state index in [1.54, 1.807) is 6.07 Å². The van der Waals surface area contributed by atoms with E-state index in [1.165, 1.54) is 18.1 Å². The van der Waals surface area contributed by atoms with Gasteiger partial charge < -0.3 is 29.6 Å². The number of nitrogens with one attached hydrogen (secondary N) is 2. The average Bonchev–Trinajstić information content (AvgIpc) is 3.34. The van der Waals surface area contributed by atoms with Crippen LogP contribution in [0.4, 0.5) is 5.82 Å². The molecule has 1 unspecified atom stereocenters. The quantitative estimate of drug-likeness (QED) is 0.230. The van der Waals surface area contributed by atoms with E-state index in [2.05, 4.69) is 30.9 Å². The Kier molecular flexibility index (Phi) is 6.54. The lowest BCUT2D eigenvalue weighted by Crippen LogP contribution is -2.30. The van der Waals surface area contributed by atoms with E-state index in [9.17, 15) is 8.76 Å². The average molecular weight is 461 g/mol. The van der Waals surface area contributed by atoms with Gasteiger partial charge in [-0.2, -0.15) is 0 Å². The molecule has 0 amide bonds. The molecule has 1 atom stereocenters. The van der Waals surface area contributed by atoms with E-state index in [0.29, 0.717) is 59.6 Å². The number of anilines is 1. The highest BCUT2D eigenvalue weighted by Gasteiger charge is 2.21. The molecule has 1 aliphatic heterocycles. The van der Waals surface area contributed by atoms with Crippen LogP contribution < -0.4 is 25.2 Å². The van der Waals surface area contributed by atoms with Crippen LogP contribution in [-0.4, -0.2) is 54.7 Å². The molecule has 2 aromatic heterocycles. The van der Waals surface area contributed by atoms with Crippen molar-refractivity contribution < 1.29 is 18.2 Å². The van der Waals surface area contributed by atoms with Crippen LogP contribution in [0.15, 0.2) is 28.5 Å². The molecule has 0 saturated carbocycles. The van der Waals surface area contributed by atoms with Gasteiger partial charge in [0.05, 0.1) is 0 Å². The molecular formula is C18H18N7O4S2-. The zero-order chi connectivity index (χ0) is 21.8. The summed E-state index contributed by atoms with van der Waals surface area (Å²) in [5.74, 6) is 4.18. The summed E-state index contributed by atoms with van der Waals surface area (Å²) in [4.78, 5) is 13.8. The van der Waals surface area contributed by atoms with Crippen LogP contribution in [-0.2, 0) is 17.8 Å². The Labute approximate surface area is 184 Å². The molecule has 162 valence electrons. The van der Waals surface area contributed by atoms with Crippen LogP contribution in [0.2, 0.25) is 0 Å². The maximum Gasteiger partial charge on any atom is 0.231 e. The van der Waals surface area contributed by atoms with Gasteiger partial charge in [-0.3, -0.25) is 4.21 Å². The number of imidazole rings is 1. The number of nitrogen functional groups attached to an aromatic ring is 1. The van der Waals surface area contributed by atoms with Crippen molar-refractivity contribution in [1.29, 1.82) is 0 Å². The van der Waals surface area contributed by atoms with Crippen LogP contribution >= 0.6 is 11.8 Å². The first-order valence-electron chi connectivity index (χ1n) is 9.15. The van der Waals surface area contributed by atoms with Gasteiger partial charge in [0, 0.05) is 54.0 Å². The van der Waals surface area contributed by atoms with E-state index in [-0.39, 0.29) is 12.6 Å². The Balaban J connectivity index is 1.59. The Morgan fingerprint density at radius 2 is 2.10 bits per heavy atom. The first-order valence-corrected chi connectivity index (χ1v) is 11.0. The summed E-state index contributed by atoms with van der Waals surface area (Å²) in [7, 11) is 0. The van der Waals surface area contributed by atoms with Crippen molar-refractivity contribution in [3.05, 3.63) is 24.0 Å². The molecule has 31 heavy (non-hydrogen) atoms. The minimum atomic E-state index is -2.28. The highest BCUT2D eigenvalue weighted by Crippen LogP contribution is 2.40. The van der Waals surface area contributed by atoms with Gasteiger partial charge in [-0.25, -0.2) is 19.7 Å². The number of terminal acetylenes is 1. The third kappa shape index (κ3) is 4.73. The van der Waals surface area contributed by atoms with Crippen LogP contribution in [0.1, 0.15) is 5.56 Å². The lowest BCUT2D eigenvalue weighted by Gasteiger charge is -2.11. The maximum atomic E-state index is 10.5. The molecule has 0 radical (unpaired) electrons. The molecule has 3 heterocycles. The summed E-state index contributed by atoms with van der Waals surface area (Å²) in [6, 6.07) is 3.59. The number of hydrogen-bond acceptors (Lipinski definition) is 10. The van der Waals surface area contributed by atoms with Gasteiger partial charge in [-0.05, 0) is 6.07 Å². The molecular weight excluding hydrogens is 442 g/mol. The predicted octanol–water partition coefficient (Wildman–Crippen LogP) is 0.243. The van der Waals surface area contributed by atoms with Gasteiger partial charge in [-0.1, -0.05) is 17.7 Å². The molecule has 13 heteroatoms. The molecule has 0 saturated heterocycles. The van der Waals surface area contributed by atoms with Crippen molar-refractivity contribution in [2.24, 2.45) is 0 Å². The van der Waals surface area contributed by atoms with E-state index in [0.717, 1.165) is 4.90 Å². The first kappa shape index (κ1) is 21.3. The molecule has 0 fully saturated rings. The third-order valence-corrected chi connectivity index (χ3v) is 5.88. The number of rotatable bonds is 9. The number of hydrogen-bond donors (Lipinski definition) is 3. The molecule has 0 bridgehead atoms. The molecule has 11 nitrogen and oxygen atoms in total. The highest BCUT2D eigenvalue weighted by molar-refractivity contribution is 7.99. The zero-order valence-corrected chi connectivity index (χ0v) is 17.8. The fourth-order valence-corrected chi connectivity index (χ4v) is 4.26. The van der Waals surface area contributed by atoms with E-state index >= 15 is 0 Å². The second kappa shape index (κ2) is 9.50. The number of benzene rings is 1. The van der Waals surface area contributed by atoms with E-state index in [1.807, 2.05) is 10.6 Å². The standard InChI is InChI=1S/C18H19N7O4S2/c1-2-11-7-12-13(29-10-28-12)8-14(11)30-18-24-15-16(19)21-9-22-17(15)25(18)6-5-20-3-4-23-31(26)27/h1,7-9,20,23H,3-6,10H2,(H,26,27)(H2,19,21,22)/p-1. The van der Waals surface area contributed by atoms with Crippen LogP contribution in [0.5, 0.6) is 11.5 Å². The fourth-order valence-electron chi connectivity index (χ4n) is 2.97. The zero-order valence-electron chi connectivity index (χ0n) is 16.2. The van der Waals surface area contributed by atoms with Gasteiger partial charge in [0.2, 0.25) is 6.79 Å². The summed E-state index contributed by atoms with van der Waals surface area (Å²) >= 11 is -0.909. The smallest absolute Gasteiger partial charge is 0.231 e. The summed E-state index contributed by atoms with van der Waals surface area (Å²) in [5, 5.41) is 3.81. The van der Waals surface area contributed by atoms with Gasteiger partial charge in [0.25, 0.3) is 0 Å². The normalized spacial score (nSPS) is 13.4. The number of nitrogens with two attached hydrogens (primary N) is 1. The summed E-state index contributed by atoms with van der Waals surface area (Å²) in [6.45, 7) is 1.99. The molecule has 0 spiro atoms. The second-order valence-corrected chi connectivity index (χ2v) is 8.07. The Hall–Kier alpha value is -2.89. The Bertz CT molecular complexity index is 1180. The summed E-state index contributed by atoms with van der Waals surface area (Å²) in [6.07, 6.45) is 7.08. The highest BCUT2D eigenvalue weighted by atomic mass is 32.2. The maximum absolute atomic E-state index is 10.5. The molecule has 0 aliphatic carbocycles. The molecule has 3 aromatic rings. The topological polar surface area (TPSA) is 152 Å². The number of nitrogens with zero attached hydrogens (tertiary/aromatic N) is 4. The fraction of sp³-hybridized carbons (Fsp3) is 0.278. The molecule has 1 aromatic carbocycles. The first-order chi connectivity index (χ1) is 15.1. The minimum Gasteiger partial charge on any atom is -0.760 e. The lowest BCUT2D eigenvalue weighted by atomic mass is 10.2. The minimum absolute atomic E-state index is 0.151. The molecule has 4 rings (SSSR count). The van der Waals surface area contributed by atoms with Crippen molar-refractivity contribution in [1.82, 2.24) is 29.6 Å². The third-order valence-electron chi connectivity index (χ3n) is 4.39. The van der Waals surface area contributed by atoms with Gasteiger partial charge in [0.15, 0.2) is 33.6 Å². The van der Waals surface area contributed by atoms with Crippen molar-refractivity contribution in [3.8, 4) is 23.8 Å². The predicted molar refractivity (Wildman–Crippen MR) is 114 cm³/mol. The summed E-state index contributed by atoms with van der Waals surface area (Å²) < 4.78 is 36.1. The van der Waals surface area contributed by atoms with Gasteiger partial charge in [0.1, 0.15) is 6.33 Å². The van der Waals surface area contributed by atoms with Crippen molar-refractivity contribution >= 4 is 40.0 Å². The van der Waals surface area contributed by atoms with Crippen molar-refractivity contribution in [2.45, 2.75) is 16.6 Å². The lowest BCUT2D eigenvalue weighted by molar-refractivity contribution is 0.174. The molecule has 1 aliphatic rings. The van der Waals surface area contributed by atoms with E-state index in [4.69, 9.17) is 21.6 Å². The Morgan fingerprint density at radius 3 is 2.87 bits per heavy atom. The monoisotopic (exact) mass is 460 g/mol. The van der Waals surface area contributed by atoms with E-state index < -0.39 is 11.3 Å². The van der Waals surface area contributed by atoms with Crippen molar-refractivity contribution in [3.63, 3.8) is 0 Å². The Morgan fingerprint density at radius 1 is 1.29 bits per heavy atom. The van der Waals surface area contributed by atoms with Crippen LogP contribution in [0, 0.1) is 12.3 Å². The van der Waals surface area contributed by atoms with Crippen molar-refractivity contribution in [2.75, 3.05) is 32.2 Å². The van der Waals surface area contributed by atoms with Crippen LogP contribution in [0.25, 0.3) is 11.2 Å². The van der Waals surface area contributed by atoms with Gasteiger partial charge >= 0.3 is 0 Å². The molecule has 4 N–H and O–H groups in total. The number of fused-ring (bicyclic) bond motifs is 2.